The largest absolute Gasteiger partial charge is 0.454 e. The van der Waals surface area contributed by atoms with Crippen LogP contribution < -0.4 is 20.1 Å². The van der Waals surface area contributed by atoms with E-state index in [2.05, 4.69) is 5.32 Å². The second-order valence-electron chi connectivity index (χ2n) is 6.11. The van der Waals surface area contributed by atoms with Gasteiger partial charge in [-0.1, -0.05) is 12.1 Å². The maximum atomic E-state index is 12.2. The lowest BCUT2D eigenvalue weighted by atomic mass is 10.1. The van der Waals surface area contributed by atoms with E-state index in [1.54, 1.807) is 23.5 Å². The average Bonchev–Trinajstić information content (AvgIpc) is 3.12. The van der Waals surface area contributed by atoms with Gasteiger partial charge in [-0.05, 0) is 42.3 Å². The second-order valence-corrected chi connectivity index (χ2v) is 6.11. The first-order chi connectivity index (χ1) is 13.3. The quantitative estimate of drug-likeness (QED) is 0.789. The SMILES string of the molecule is O=C(CCc1ccc2c(c1)OCO2)Nc1cccc(C(=O)NCC(F)(F)F)c1. The van der Waals surface area contributed by atoms with Crippen LogP contribution in [0.25, 0.3) is 0 Å². The van der Waals surface area contributed by atoms with Crippen LogP contribution in [0.3, 0.4) is 0 Å². The Morgan fingerprint density at radius 2 is 1.82 bits per heavy atom. The van der Waals surface area contributed by atoms with Crippen LogP contribution in [0.15, 0.2) is 42.5 Å². The number of hydrogen-bond donors (Lipinski definition) is 2. The molecule has 0 aliphatic carbocycles. The van der Waals surface area contributed by atoms with Gasteiger partial charge in [-0.15, -0.1) is 0 Å². The van der Waals surface area contributed by atoms with Gasteiger partial charge in [-0.2, -0.15) is 13.2 Å². The summed E-state index contributed by atoms with van der Waals surface area (Å²) in [5.74, 6) is 0.142. The Labute approximate surface area is 158 Å². The van der Waals surface area contributed by atoms with Gasteiger partial charge in [0.05, 0.1) is 0 Å². The zero-order valence-corrected chi connectivity index (χ0v) is 14.6. The highest BCUT2D eigenvalue weighted by Crippen LogP contribution is 2.32. The number of rotatable bonds is 6. The number of anilines is 1. The number of ether oxygens (including phenoxy) is 2. The van der Waals surface area contributed by atoms with Gasteiger partial charge in [0.1, 0.15) is 6.54 Å². The van der Waals surface area contributed by atoms with E-state index < -0.39 is 18.6 Å². The molecule has 2 amide bonds. The predicted octanol–water partition coefficient (Wildman–Crippen LogP) is 3.28. The van der Waals surface area contributed by atoms with Crippen molar-refractivity contribution in [1.82, 2.24) is 5.32 Å². The highest BCUT2D eigenvalue weighted by atomic mass is 19.4. The van der Waals surface area contributed by atoms with Crippen LogP contribution in [-0.2, 0) is 11.2 Å². The van der Waals surface area contributed by atoms with E-state index in [9.17, 15) is 22.8 Å². The molecule has 1 heterocycles. The van der Waals surface area contributed by atoms with Crippen molar-refractivity contribution in [2.24, 2.45) is 0 Å². The fourth-order valence-corrected chi connectivity index (χ4v) is 2.60. The molecule has 0 atom stereocenters. The number of benzene rings is 2. The number of amides is 2. The molecule has 0 aromatic heterocycles. The number of fused-ring (bicyclic) bond motifs is 1. The minimum absolute atomic E-state index is 0.0258. The topological polar surface area (TPSA) is 76.7 Å². The normalized spacial score (nSPS) is 12.5. The summed E-state index contributed by atoms with van der Waals surface area (Å²) in [6, 6.07) is 11.2. The Bertz CT molecular complexity index is 884. The number of halogens is 3. The number of hydrogen-bond acceptors (Lipinski definition) is 4. The molecule has 148 valence electrons. The van der Waals surface area contributed by atoms with E-state index in [4.69, 9.17) is 9.47 Å². The second kappa shape index (κ2) is 8.20. The molecule has 0 saturated carbocycles. The Kier molecular flexibility index (Phi) is 5.72. The van der Waals surface area contributed by atoms with Crippen LogP contribution in [0.2, 0.25) is 0 Å². The lowest BCUT2D eigenvalue weighted by Gasteiger charge is -2.10. The lowest BCUT2D eigenvalue weighted by Crippen LogP contribution is -2.33. The van der Waals surface area contributed by atoms with Gasteiger partial charge in [0.15, 0.2) is 11.5 Å². The van der Waals surface area contributed by atoms with E-state index >= 15 is 0 Å². The summed E-state index contributed by atoms with van der Waals surface area (Å²) in [6.07, 6.45) is -3.84. The van der Waals surface area contributed by atoms with Crippen molar-refractivity contribution < 1.29 is 32.2 Å². The number of alkyl halides is 3. The minimum atomic E-state index is -4.49. The molecular weight excluding hydrogens is 377 g/mol. The van der Waals surface area contributed by atoms with E-state index in [1.807, 2.05) is 6.07 Å². The highest BCUT2D eigenvalue weighted by Gasteiger charge is 2.27. The fraction of sp³-hybridized carbons (Fsp3) is 0.263. The number of carbonyl (C=O) groups excluding carboxylic acids is 2. The van der Waals surface area contributed by atoms with Crippen molar-refractivity contribution in [1.29, 1.82) is 0 Å². The van der Waals surface area contributed by atoms with Crippen LogP contribution >= 0.6 is 0 Å². The average molecular weight is 394 g/mol. The van der Waals surface area contributed by atoms with Crippen LogP contribution in [0, 0.1) is 0 Å². The van der Waals surface area contributed by atoms with Gasteiger partial charge in [0.25, 0.3) is 5.91 Å². The molecule has 2 aromatic rings. The Morgan fingerprint density at radius 1 is 1.04 bits per heavy atom. The zero-order valence-electron chi connectivity index (χ0n) is 14.6. The van der Waals surface area contributed by atoms with Crippen molar-refractivity contribution in [3.05, 3.63) is 53.6 Å². The van der Waals surface area contributed by atoms with Crippen LogP contribution in [0.4, 0.5) is 18.9 Å². The fourth-order valence-electron chi connectivity index (χ4n) is 2.60. The minimum Gasteiger partial charge on any atom is -0.454 e. The van der Waals surface area contributed by atoms with Crippen LogP contribution in [0.5, 0.6) is 11.5 Å². The standard InChI is InChI=1S/C19H17F3N2O4/c20-19(21,22)10-23-18(26)13-2-1-3-14(9-13)24-17(25)7-5-12-4-6-15-16(8-12)28-11-27-15/h1-4,6,8-9H,5,7,10-11H2,(H,23,26)(H,24,25). The van der Waals surface area contributed by atoms with Crippen LogP contribution in [0.1, 0.15) is 22.3 Å². The maximum absolute atomic E-state index is 12.2. The summed E-state index contributed by atoms with van der Waals surface area (Å²) < 4.78 is 47.1. The van der Waals surface area contributed by atoms with E-state index in [0.717, 1.165) is 5.56 Å². The summed E-state index contributed by atoms with van der Waals surface area (Å²) in [5, 5.41) is 4.42. The molecule has 0 fully saturated rings. The van der Waals surface area contributed by atoms with Crippen molar-refractivity contribution in [3.8, 4) is 11.5 Å². The van der Waals surface area contributed by atoms with Gasteiger partial charge in [0.2, 0.25) is 12.7 Å². The monoisotopic (exact) mass is 394 g/mol. The molecule has 9 heteroatoms. The highest BCUT2D eigenvalue weighted by molar-refractivity contribution is 5.97. The van der Waals surface area contributed by atoms with Crippen molar-refractivity contribution >= 4 is 17.5 Å². The third kappa shape index (κ3) is 5.38. The molecule has 1 aliphatic rings. The molecule has 0 unspecified atom stereocenters. The Morgan fingerprint density at radius 3 is 2.61 bits per heavy atom. The molecule has 0 saturated heterocycles. The third-order valence-corrected chi connectivity index (χ3v) is 3.94. The first-order valence-corrected chi connectivity index (χ1v) is 8.43. The van der Waals surface area contributed by atoms with Crippen molar-refractivity contribution in [3.63, 3.8) is 0 Å². The molecule has 0 spiro atoms. The summed E-state index contributed by atoms with van der Waals surface area (Å²) in [5.41, 5.74) is 1.26. The smallest absolute Gasteiger partial charge is 0.405 e. The number of nitrogens with one attached hydrogen (secondary N) is 2. The maximum Gasteiger partial charge on any atom is 0.405 e. The van der Waals surface area contributed by atoms with Crippen molar-refractivity contribution in [2.75, 3.05) is 18.7 Å². The number of aryl methyl sites for hydroxylation is 1. The molecular formula is C19H17F3N2O4. The summed E-state index contributed by atoms with van der Waals surface area (Å²) in [6.45, 7) is -1.25. The van der Waals surface area contributed by atoms with Crippen LogP contribution in [-0.4, -0.2) is 31.3 Å². The Hall–Kier alpha value is -3.23. The van der Waals surface area contributed by atoms with Gasteiger partial charge < -0.3 is 20.1 Å². The first kappa shape index (κ1) is 19.5. The molecule has 2 aromatic carbocycles. The first-order valence-electron chi connectivity index (χ1n) is 8.43. The molecule has 0 bridgehead atoms. The summed E-state index contributed by atoms with van der Waals surface area (Å²) in [4.78, 5) is 23.9. The predicted molar refractivity (Wildman–Crippen MR) is 94.3 cm³/mol. The summed E-state index contributed by atoms with van der Waals surface area (Å²) in [7, 11) is 0. The number of carbonyl (C=O) groups is 2. The van der Waals surface area contributed by atoms with Gasteiger partial charge >= 0.3 is 6.18 Å². The van der Waals surface area contributed by atoms with Gasteiger partial charge in [-0.3, -0.25) is 9.59 Å². The molecule has 0 radical (unpaired) electrons. The summed E-state index contributed by atoms with van der Waals surface area (Å²) >= 11 is 0. The lowest BCUT2D eigenvalue weighted by molar-refractivity contribution is -0.123. The molecule has 6 nitrogen and oxygen atoms in total. The Balaban J connectivity index is 1.53. The van der Waals surface area contributed by atoms with Gasteiger partial charge in [-0.25, -0.2) is 0 Å². The molecule has 28 heavy (non-hydrogen) atoms. The molecule has 3 rings (SSSR count). The van der Waals surface area contributed by atoms with E-state index in [0.29, 0.717) is 23.6 Å². The van der Waals surface area contributed by atoms with E-state index in [-0.39, 0.29) is 24.7 Å². The van der Waals surface area contributed by atoms with E-state index in [1.165, 1.54) is 18.2 Å². The molecule has 1 aliphatic heterocycles. The van der Waals surface area contributed by atoms with Crippen molar-refractivity contribution in [2.45, 2.75) is 19.0 Å². The molecule has 2 N–H and O–H groups in total. The third-order valence-electron chi connectivity index (χ3n) is 3.94. The zero-order chi connectivity index (χ0) is 20.1. The van der Waals surface area contributed by atoms with Gasteiger partial charge in [0, 0.05) is 17.7 Å².